The molecule has 3 nitrogen and oxygen atoms in total. The monoisotopic (exact) mass is 141 g/mol. The number of ketones is 1. The van der Waals surface area contributed by atoms with Crippen LogP contribution in [-0.2, 0) is 4.79 Å². The van der Waals surface area contributed by atoms with Gasteiger partial charge in [-0.15, -0.1) is 0 Å². The van der Waals surface area contributed by atoms with Crippen LogP contribution in [0.4, 0.5) is 0 Å². The summed E-state index contributed by atoms with van der Waals surface area (Å²) in [6.07, 6.45) is 3.38. The van der Waals surface area contributed by atoms with Crippen molar-refractivity contribution in [2.24, 2.45) is 0 Å². The van der Waals surface area contributed by atoms with E-state index in [4.69, 9.17) is 5.11 Å². The molecule has 1 rings (SSSR count). The predicted molar refractivity (Wildman–Crippen MR) is 37.6 cm³/mol. The largest absolute Gasteiger partial charge is 0.495 e. The fourth-order valence-corrected chi connectivity index (χ4v) is 0.671. The molecule has 1 aliphatic carbocycles. The molecule has 0 aromatic rings. The fraction of sp³-hybridized carbons (Fsp3) is 0.571. The van der Waals surface area contributed by atoms with Crippen molar-refractivity contribution in [3.05, 3.63) is 12.0 Å². The summed E-state index contributed by atoms with van der Waals surface area (Å²) in [5, 5.41) is 11.7. The van der Waals surface area contributed by atoms with Gasteiger partial charge in [0, 0.05) is 12.1 Å². The van der Waals surface area contributed by atoms with Crippen LogP contribution >= 0.6 is 0 Å². The molecule has 0 aromatic carbocycles. The second-order valence-corrected chi connectivity index (χ2v) is 2.56. The van der Waals surface area contributed by atoms with Gasteiger partial charge >= 0.3 is 0 Å². The molecule has 1 aliphatic rings. The van der Waals surface area contributed by atoms with E-state index in [0.717, 1.165) is 12.8 Å². The highest BCUT2D eigenvalue weighted by molar-refractivity contribution is 5.87. The highest BCUT2D eigenvalue weighted by Gasteiger charge is 2.21. The Morgan fingerprint density at radius 1 is 1.70 bits per heavy atom. The molecule has 0 atom stereocenters. The minimum Gasteiger partial charge on any atom is -0.495 e. The van der Waals surface area contributed by atoms with Crippen LogP contribution in [0.1, 0.15) is 19.8 Å². The van der Waals surface area contributed by atoms with Crippen LogP contribution in [0, 0.1) is 0 Å². The van der Waals surface area contributed by atoms with Crippen molar-refractivity contribution in [1.82, 2.24) is 5.32 Å². The van der Waals surface area contributed by atoms with Crippen molar-refractivity contribution in [2.75, 3.05) is 0 Å². The predicted octanol–water partition coefficient (Wildman–Crippen LogP) is 0.727. The third-order valence-corrected chi connectivity index (χ3v) is 1.27. The molecule has 0 bridgehead atoms. The van der Waals surface area contributed by atoms with Crippen LogP contribution in [0.5, 0.6) is 0 Å². The first-order chi connectivity index (χ1) is 4.68. The first-order valence-corrected chi connectivity index (χ1v) is 3.36. The summed E-state index contributed by atoms with van der Waals surface area (Å²) in [5.74, 6) is -0.138. The Labute approximate surface area is 59.7 Å². The van der Waals surface area contributed by atoms with Gasteiger partial charge in [-0.2, -0.15) is 0 Å². The standard InChI is InChI=1S/C7H11NO2/c1-5(9)4-7(10)8-6-2-3-6/h4,6,8,10H,2-3H2,1H3/b7-4-. The summed E-state index contributed by atoms with van der Waals surface area (Å²) < 4.78 is 0. The molecule has 0 aromatic heterocycles. The van der Waals surface area contributed by atoms with Crippen LogP contribution in [0.15, 0.2) is 12.0 Å². The Bertz CT molecular complexity index is 170. The fourth-order valence-electron chi connectivity index (χ4n) is 0.671. The number of carbonyl (C=O) groups excluding carboxylic acids is 1. The van der Waals surface area contributed by atoms with Crippen molar-refractivity contribution in [3.8, 4) is 0 Å². The maximum absolute atomic E-state index is 10.4. The van der Waals surface area contributed by atoms with Crippen molar-refractivity contribution in [1.29, 1.82) is 0 Å². The molecule has 1 saturated carbocycles. The van der Waals surface area contributed by atoms with E-state index in [9.17, 15) is 4.79 Å². The second-order valence-electron chi connectivity index (χ2n) is 2.56. The van der Waals surface area contributed by atoms with Gasteiger partial charge in [0.2, 0.25) is 0 Å². The Balaban J connectivity index is 2.30. The lowest BCUT2D eigenvalue weighted by molar-refractivity contribution is -0.112. The van der Waals surface area contributed by atoms with E-state index >= 15 is 0 Å². The topological polar surface area (TPSA) is 49.3 Å². The number of nitrogens with one attached hydrogen (secondary N) is 1. The number of hydrogen-bond acceptors (Lipinski definition) is 3. The number of allylic oxidation sites excluding steroid dienone is 1. The van der Waals surface area contributed by atoms with Gasteiger partial charge in [0.1, 0.15) is 0 Å². The normalized spacial score (nSPS) is 18.7. The number of aliphatic hydroxyl groups is 1. The first-order valence-electron chi connectivity index (χ1n) is 3.36. The number of carbonyl (C=O) groups is 1. The summed E-state index contributed by atoms with van der Waals surface area (Å²) in [7, 11) is 0. The molecule has 0 aliphatic heterocycles. The van der Waals surface area contributed by atoms with E-state index in [0.29, 0.717) is 6.04 Å². The molecule has 3 heteroatoms. The molecule has 10 heavy (non-hydrogen) atoms. The zero-order valence-corrected chi connectivity index (χ0v) is 5.92. The minimum absolute atomic E-state index is 0.00463. The lowest BCUT2D eigenvalue weighted by atomic mass is 10.4. The molecule has 0 spiro atoms. The lowest BCUT2D eigenvalue weighted by Gasteiger charge is -1.99. The van der Waals surface area contributed by atoms with Gasteiger partial charge in [-0.25, -0.2) is 0 Å². The number of aliphatic hydroxyl groups excluding tert-OH is 1. The molecule has 2 N–H and O–H groups in total. The Morgan fingerprint density at radius 2 is 2.30 bits per heavy atom. The molecule has 0 saturated heterocycles. The zero-order chi connectivity index (χ0) is 7.56. The average molecular weight is 141 g/mol. The third kappa shape index (κ3) is 2.53. The van der Waals surface area contributed by atoms with Gasteiger partial charge in [-0.1, -0.05) is 0 Å². The van der Waals surface area contributed by atoms with Gasteiger partial charge in [-0.3, -0.25) is 4.79 Å². The molecule has 0 unspecified atom stereocenters. The zero-order valence-electron chi connectivity index (χ0n) is 5.92. The summed E-state index contributed by atoms with van der Waals surface area (Å²) >= 11 is 0. The lowest BCUT2D eigenvalue weighted by Crippen LogP contribution is -2.15. The van der Waals surface area contributed by atoms with Crippen molar-refractivity contribution >= 4 is 5.78 Å². The average Bonchev–Trinajstić information content (AvgIpc) is 2.46. The van der Waals surface area contributed by atoms with Gasteiger partial charge in [0.25, 0.3) is 0 Å². The molecule has 0 amide bonds. The van der Waals surface area contributed by atoms with Gasteiger partial charge in [0.05, 0.1) is 0 Å². The van der Waals surface area contributed by atoms with Crippen LogP contribution in [0.2, 0.25) is 0 Å². The Morgan fingerprint density at radius 3 is 2.70 bits per heavy atom. The molecule has 56 valence electrons. The van der Waals surface area contributed by atoms with Crippen LogP contribution in [-0.4, -0.2) is 16.9 Å². The molecule has 1 fully saturated rings. The highest BCUT2D eigenvalue weighted by Crippen LogP contribution is 2.19. The van der Waals surface area contributed by atoms with Crippen molar-refractivity contribution in [3.63, 3.8) is 0 Å². The summed E-state index contributed by atoms with van der Waals surface area (Å²) in [5.41, 5.74) is 0. The maximum atomic E-state index is 10.4. The van der Waals surface area contributed by atoms with Gasteiger partial charge < -0.3 is 10.4 Å². The van der Waals surface area contributed by atoms with E-state index in [-0.39, 0.29) is 11.7 Å². The van der Waals surface area contributed by atoms with Crippen molar-refractivity contribution < 1.29 is 9.90 Å². The quantitative estimate of drug-likeness (QED) is 0.450. The van der Waals surface area contributed by atoms with Crippen LogP contribution in [0.25, 0.3) is 0 Å². The second kappa shape index (κ2) is 2.73. The van der Waals surface area contributed by atoms with E-state index in [1.165, 1.54) is 13.0 Å². The molecular formula is C7H11NO2. The summed E-state index contributed by atoms with van der Waals surface area (Å²) in [4.78, 5) is 10.4. The molecule has 0 heterocycles. The van der Waals surface area contributed by atoms with Crippen LogP contribution < -0.4 is 5.32 Å². The van der Waals surface area contributed by atoms with Gasteiger partial charge in [0.15, 0.2) is 11.7 Å². The third-order valence-electron chi connectivity index (χ3n) is 1.27. The number of hydrogen-bond donors (Lipinski definition) is 2. The van der Waals surface area contributed by atoms with Gasteiger partial charge in [-0.05, 0) is 19.8 Å². The smallest absolute Gasteiger partial charge is 0.187 e. The molecule has 0 radical (unpaired) electrons. The van der Waals surface area contributed by atoms with E-state index < -0.39 is 0 Å². The maximum Gasteiger partial charge on any atom is 0.187 e. The Hall–Kier alpha value is -0.990. The van der Waals surface area contributed by atoms with E-state index in [1.54, 1.807) is 0 Å². The SMILES string of the molecule is CC(=O)/C=C(\O)NC1CC1. The summed E-state index contributed by atoms with van der Waals surface area (Å²) in [6, 6.07) is 0.399. The van der Waals surface area contributed by atoms with Crippen LogP contribution in [0.3, 0.4) is 0 Å². The van der Waals surface area contributed by atoms with Crippen molar-refractivity contribution in [2.45, 2.75) is 25.8 Å². The summed E-state index contributed by atoms with van der Waals surface area (Å²) in [6.45, 7) is 1.41. The van der Waals surface area contributed by atoms with E-state index in [1.807, 2.05) is 0 Å². The van der Waals surface area contributed by atoms with E-state index in [2.05, 4.69) is 5.32 Å². The first kappa shape index (κ1) is 7.12. The highest BCUT2D eigenvalue weighted by atomic mass is 16.3. The molecular weight excluding hydrogens is 130 g/mol. The Kier molecular flexibility index (Phi) is 1.94. The minimum atomic E-state index is -0.134. The number of rotatable bonds is 3.